The van der Waals surface area contributed by atoms with Gasteiger partial charge >= 0.3 is 12.3 Å². The van der Waals surface area contributed by atoms with Crippen LogP contribution < -0.4 is 0 Å². The van der Waals surface area contributed by atoms with Gasteiger partial charge in [-0.3, -0.25) is 4.68 Å². The molecular formula is C19H21ClF3N3O2. The molecule has 0 saturated heterocycles. The van der Waals surface area contributed by atoms with Crippen LogP contribution in [0, 0.1) is 0 Å². The van der Waals surface area contributed by atoms with Crippen molar-refractivity contribution in [3.8, 4) is 0 Å². The second kappa shape index (κ2) is 7.31. The standard InChI is InChI=1S/C19H21ClF3N3O2/c1-18(2,3)28-17(27)25-9-8-14-15(11-25)26(24-16(14)19(21,22)23)10-12-4-6-13(20)7-5-12/h4-7H,8-11H2,1-3H3. The number of carbonyl (C=O) groups is 1. The maximum atomic E-state index is 13.5. The average Bonchev–Trinajstić information content (AvgIpc) is 2.93. The van der Waals surface area contributed by atoms with Crippen molar-refractivity contribution in [2.75, 3.05) is 6.54 Å². The van der Waals surface area contributed by atoms with Gasteiger partial charge in [0.25, 0.3) is 0 Å². The molecule has 1 aromatic carbocycles. The number of benzene rings is 1. The largest absolute Gasteiger partial charge is 0.444 e. The van der Waals surface area contributed by atoms with Crippen molar-refractivity contribution in [2.24, 2.45) is 0 Å². The molecule has 0 unspecified atom stereocenters. The number of ether oxygens (including phenoxy) is 1. The Morgan fingerprint density at radius 1 is 1.21 bits per heavy atom. The second-order valence-corrected chi connectivity index (χ2v) is 8.14. The third-order valence-electron chi connectivity index (χ3n) is 4.30. The summed E-state index contributed by atoms with van der Waals surface area (Å²) in [7, 11) is 0. The quantitative estimate of drug-likeness (QED) is 0.701. The highest BCUT2D eigenvalue weighted by Crippen LogP contribution is 2.35. The molecule has 1 aliphatic heterocycles. The van der Waals surface area contributed by atoms with Crippen LogP contribution in [0.4, 0.5) is 18.0 Å². The molecule has 0 fully saturated rings. The molecule has 28 heavy (non-hydrogen) atoms. The van der Waals surface area contributed by atoms with Gasteiger partial charge in [0, 0.05) is 17.1 Å². The first-order valence-electron chi connectivity index (χ1n) is 8.82. The molecule has 1 amide bonds. The van der Waals surface area contributed by atoms with Crippen LogP contribution in [0.1, 0.15) is 43.3 Å². The predicted molar refractivity (Wildman–Crippen MR) is 98.1 cm³/mol. The van der Waals surface area contributed by atoms with E-state index in [4.69, 9.17) is 16.3 Å². The number of halogens is 4. The summed E-state index contributed by atoms with van der Waals surface area (Å²) < 4.78 is 47.1. The minimum atomic E-state index is -4.55. The Labute approximate surface area is 166 Å². The fourth-order valence-corrected chi connectivity index (χ4v) is 3.21. The fraction of sp³-hybridized carbons (Fsp3) is 0.474. The highest BCUT2D eigenvalue weighted by Gasteiger charge is 2.41. The number of amides is 1. The van der Waals surface area contributed by atoms with Gasteiger partial charge in [0.2, 0.25) is 0 Å². The first kappa shape index (κ1) is 20.5. The molecule has 2 aromatic rings. The van der Waals surface area contributed by atoms with Crippen LogP contribution in [0.15, 0.2) is 24.3 Å². The summed E-state index contributed by atoms with van der Waals surface area (Å²) in [6.45, 7) is 5.54. The van der Waals surface area contributed by atoms with Crippen LogP contribution in [-0.4, -0.2) is 32.9 Å². The summed E-state index contributed by atoms with van der Waals surface area (Å²) in [6.07, 6.45) is -5.03. The Kier molecular flexibility index (Phi) is 5.36. The Morgan fingerprint density at radius 3 is 2.43 bits per heavy atom. The van der Waals surface area contributed by atoms with Crippen molar-refractivity contribution in [2.45, 2.75) is 52.1 Å². The minimum absolute atomic E-state index is 0.0148. The van der Waals surface area contributed by atoms with Gasteiger partial charge in [0.05, 0.1) is 18.8 Å². The predicted octanol–water partition coefficient (Wildman–Crippen LogP) is 4.90. The molecule has 0 atom stereocenters. The number of carbonyl (C=O) groups excluding carboxylic acids is 1. The first-order chi connectivity index (χ1) is 12.9. The molecule has 0 radical (unpaired) electrons. The van der Waals surface area contributed by atoms with E-state index in [0.717, 1.165) is 5.56 Å². The molecule has 0 spiro atoms. The summed E-state index contributed by atoms with van der Waals surface area (Å²) in [4.78, 5) is 13.8. The number of fused-ring (bicyclic) bond motifs is 1. The zero-order valence-electron chi connectivity index (χ0n) is 15.8. The minimum Gasteiger partial charge on any atom is -0.444 e. The van der Waals surface area contributed by atoms with Gasteiger partial charge in [-0.15, -0.1) is 0 Å². The first-order valence-corrected chi connectivity index (χ1v) is 9.20. The van der Waals surface area contributed by atoms with Crippen LogP contribution in [0.25, 0.3) is 0 Å². The fourth-order valence-electron chi connectivity index (χ4n) is 3.08. The summed E-state index contributed by atoms with van der Waals surface area (Å²) in [5, 5.41) is 4.37. The number of hydrogen-bond donors (Lipinski definition) is 0. The van der Waals surface area contributed by atoms with Crippen LogP contribution in [-0.2, 0) is 30.4 Å². The van der Waals surface area contributed by atoms with Crippen molar-refractivity contribution >= 4 is 17.7 Å². The average molecular weight is 416 g/mol. The van der Waals surface area contributed by atoms with Crippen molar-refractivity contribution in [1.82, 2.24) is 14.7 Å². The third-order valence-corrected chi connectivity index (χ3v) is 4.56. The molecule has 0 bridgehead atoms. The van der Waals surface area contributed by atoms with Gasteiger partial charge in [-0.25, -0.2) is 4.79 Å². The Bertz CT molecular complexity index is 870. The summed E-state index contributed by atoms with van der Waals surface area (Å²) in [6, 6.07) is 6.81. The van der Waals surface area contributed by atoms with Crippen molar-refractivity contribution in [3.05, 3.63) is 51.8 Å². The summed E-state index contributed by atoms with van der Waals surface area (Å²) >= 11 is 5.87. The number of nitrogens with zero attached hydrogens (tertiary/aromatic N) is 3. The normalized spacial score (nSPS) is 14.8. The van der Waals surface area contributed by atoms with Crippen LogP contribution in [0.5, 0.6) is 0 Å². The Balaban J connectivity index is 1.92. The lowest BCUT2D eigenvalue weighted by Gasteiger charge is -2.30. The van der Waals surface area contributed by atoms with Gasteiger partial charge in [-0.2, -0.15) is 18.3 Å². The van der Waals surface area contributed by atoms with Crippen LogP contribution >= 0.6 is 11.6 Å². The Morgan fingerprint density at radius 2 is 1.86 bits per heavy atom. The smallest absolute Gasteiger partial charge is 0.435 e. The molecule has 0 aliphatic carbocycles. The zero-order valence-corrected chi connectivity index (χ0v) is 16.6. The molecule has 2 heterocycles. The number of aromatic nitrogens is 2. The van der Waals surface area contributed by atoms with Gasteiger partial charge in [0.1, 0.15) is 5.60 Å². The lowest BCUT2D eigenvalue weighted by Crippen LogP contribution is -2.40. The van der Waals surface area contributed by atoms with E-state index in [2.05, 4.69) is 5.10 Å². The molecular weight excluding hydrogens is 395 g/mol. The van der Waals surface area contributed by atoms with E-state index >= 15 is 0 Å². The maximum Gasteiger partial charge on any atom is 0.435 e. The van der Waals surface area contributed by atoms with Crippen LogP contribution in [0.2, 0.25) is 5.02 Å². The maximum absolute atomic E-state index is 13.5. The highest BCUT2D eigenvalue weighted by molar-refractivity contribution is 6.30. The van der Waals surface area contributed by atoms with Gasteiger partial charge in [-0.1, -0.05) is 23.7 Å². The monoisotopic (exact) mass is 415 g/mol. The zero-order chi connectivity index (χ0) is 20.7. The van der Waals surface area contributed by atoms with E-state index in [0.29, 0.717) is 10.7 Å². The molecule has 152 valence electrons. The van der Waals surface area contributed by atoms with E-state index in [1.54, 1.807) is 45.0 Å². The van der Waals surface area contributed by atoms with Crippen molar-refractivity contribution in [1.29, 1.82) is 0 Å². The molecule has 9 heteroatoms. The van der Waals surface area contributed by atoms with Gasteiger partial charge in [-0.05, 0) is 44.9 Å². The molecule has 0 saturated carbocycles. The van der Waals surface area contributed by atoms with Crippen LogP contribution in [0.3, 0.4) is 0 Å². The third kappa shape index (κ3) is 4.60. The van der Waals surface area contributed by atoms with E-state index in [-0.39, 0.29) is 31.6 Å². The number of alkyl halides is 3. The summed E-state index contributed by atoms with van der Waals surface area (Å²) in [5.74, 6) is 0. The molecule has 1 aromatic heterocycles. The molecule has 3 rings (SSSR count). The lowest BCUT2D eigenvalue weighted by molar-refractivity contribution is -0.142. The Hall–Kier alpha value is -2.22. The van der Waals surface area contributed by atoms with E-state index in [1.807, 2.05) is 0 Å². The molecule has 1 aliphatic rings. The SMILES string of the molecule is CC(C)(C)OC(=O)N1CCc2c(C(F)(F)F)nn(Cc3ccc(Cl)cc3)c2C1. The number of rotatable bonds is 2. The van der Waals surface area contributed by atoms with E-state index in [9.17, 15) is 18.0 Å². The number of hydrogen-bond acceptors (Lipinski definition) is 3. The van der Waals surface area contributed by atoms with Gasteiger partial charge < -0.3 is 9.64 Å². The van der Waals surface area contributed by atoms with E-state index in [1.165, 1.54) is 9.58 Å². The topological polar surface area (TPSA) is 47.4 Å². The van der Waals surface area contributed by atoms with E-state index < -0.39 is 23.6 Å². The van der Waals surface area contributed by atoms with Gasteiger partial charge in [0.15, 0.2) is 5.69 Å². The highest BCUT2D eigenvalue weighted by atomic mass is 35.5. The lowest BCUT2D eigenvalue weighted by atomic mass is 10.0. The summed E-state index contributed by atoms with van der Waals surface area (Å²) in [5.41, 5.74) is -0.295. The van der Waals surface area contributed by atoms with Crippen molar-refractivity contribution in [3.63, 3.8) is 0 Å². The molecule has 5 nitrogen and oxygen atoms in total. The second-order valence-electron chi connectivity index (χ2n) is 7.71. The van der Waals surface area contributed by atoms with Crippen molar-refractivity contribution < 1.29 is 22.7 Å². The molecule has 0 N–H and O–H groups in total.